The molecule has 0 aromatic heterocycles. The zero-order valence-corrected chi connectivity index (χ0v) is 66.4. The van der Waals surface area contributed by atoms with Gasteiger partial charge in [-0.3, -0.25) is 4.79 Å². The maximum atomic E-state index is 14.8. The molecule has 4 heteroatoms. The molecule has 0 N–H and O–H groups in total. The Kier molecular flexibility index (Phi) is 20.8. The lowest BCUT2D eigenvalue weighted by Gasteiger charge is -2.34. The van der Waals surface area contributed by atoms with Crippen molar-refractivity contribution in [2.75, 3.05) is 14.7 Å². The van der Waals surface area contributed by atoms with E-state index in [4.69, 9.17) is 0 Å². The van der Waals surface area contributed by atoms with Crippen molar-refractivity contribution in [3.63, 3.8) is 0 Å². The van der Waals surface area contributed by atoms with Gasteiger partial charge in [0.25, 0.3) is 0 Å². The summed E-state index contributed by atoms with van der Waals surface area (Å²) in [4.78, 5) is 22.1. The molecule has 2 unspecified atom stereocenters. The molecule has 0 saturated heterocycles. The summed E-state index contributed by atoms with van der Waals surface area (Å²) in [5.41, 5.74) is 24.8. The summed E-state index contributed by atoms with van der Waals surface area (Å²) in [6.45, 7) is 27.4. The molecule has 15 rings (SSSR count). The average molecular weight is 1450 g/mol. The van der Waals surface area contributed by atoms with Crippen LogP contribution < -0.4 is 14.7 Å². The highest BCUT2D eigenvalue weighted by atomic mass is 16.1. The number of carbonyl (C=O) groups is 1. The van der Waals surface area contributed by atoms with Gasteiger partial charge in [0, 0.05) is 94.1 Å². The van der Waals surface area contributed by atoms with Gasteiger partial charge in [-0.05, 0) is 196 Å². The van der Waals surface area contributed by atoms with Crippen LogP contribution in [-0.4, -0.2) is 5.78 Å². The molecule has 0 bridgehead atoms. The molecule has 0 spiro atoms. The van der Waals surface area contributed by atoms with Gasteiger partial charge < -0.3 is 14.7 Å². The highest BCUT2D eigenvalue weighted by molar-refractivity contribution is 6.23. The number of carbonyl (C=O) groups excluding carboxylic acids is 1. The predicted molar refractivity (Wildman–Crippen MR) is 472 cm³/mol. The van der Waals surface area contributed by atoms with E-state index < -0.39 is 5.41 Å². The Labute approximate surface area is 659 Å². The molecule has 0 radical (unpaired) electrons. The number of nitrogens with zero attached hydrogens (tertiary/aromatic N) is 3. The van der Waals surface area contributed by atoms with Crippen LogP contribution in [0.5, 0.6) is 0 Å². The Morgan fingerprint density at radius 2 is 0.559 bits per heavy atom. The van der Waals surface area contributed by atoms with Crippen molar-refractivity contribution in [2.24, 2.45) is 0 Å². The van der Waals surface area contributed by atoms with Crippen LogP contribution in [0.2, 0.25) is 0 Å². The molecule has 550 valence electrons. The van der Waals surface area contributed by atoms with Gasteiger partial charge in [-0.15, -0.1) is 0 Å². The molecule has 111 heavy (non-hydrogen) atoms. The normalized spacial score (nSPS) is 12.5. The Bertz CT molecular complexity index is 5520. The largest absolute Gasteiger partial charge is 0.311 e. The molecule has 0 aliphatic carbocycles. The summed E-state index contributed by atoms with van der Waals surface area (Å²) in [6.07, 6.45) is 2.04. The first-order chi connectivity index (χ1) is 53.7. The average Bonchev–Trinajstić information content (AvgIpc) is 0.719. The van der Waals surface area contributed by atoms with Crippen LogP contribution in [0.4, 0.5) is 51.2 Å². The standard InChI is InChI=1S/C107H101N3O/c1-13-77(78-49-61-90(62-50-78)108(88-39-25-17-26-40-88)89-41-27-18-28-42-89)71-74(2)99-72-76(4)100(73-75(99)3)103(111)79-47-51-83(52-48-79)107(11,12)87-59-69-94(70-60-87)110(93-67-57-86(58-68-93)106(9,10)82-37-23-16-24-38-82)102-97-45-31-29-43-95(97)101(96-44-30-32-46-98(96)102)109(91-63-53-84(54-64-91)104(5,6)80-33-19-14-20-34-80)92-65-55-85(56-66-92)105(7,8)81-35-21-15-22-36-81/h14-70,72-74,77H,13,71H2,1-12H3. The van der Waals surface area contributed by atoms with Crippen LogP contribution in [0.1, 0.15) is 177 Å². The van der Waals surface area contributed by atoms with Crippen molar-refractivity contribution in [1.82, 2.24) is 0 Å². The Balaban J connectivity index is 0.754. The van der Waals surface area contributed by atoms with Crippen molar-refractivity contribution in [3.05, 3.63) is 436 Å². The maximum Gasteiger partial charge on any atom is 0.193 e. The molecular weight excluding hydrogens is 1340 g/mol. The van der Waals surface area contributed by atoms with E-state index in [9.17, 15) is 4.79 Å². The summed E-state index contributed by atoms with van der Waals surface area (Å²) in [5.74, 6) is 0.709. The maximum absolute atomic E-state index is 14.8. The number of hydrogen-bond acceptors (Lipinski definition) is 4. The van der Waals surface area contributed by atoms with Gasteiger partial charge in [0.05, 0.1) is 11.4 Å². The highest BCUT2D eigenvalue weighted by Crippen LogP contribution is 2.53. The van der Waals surface area contributed by atoms with E-state index in [0.717, 1.165) is 108 Å². The Morgan fingerprint density at radius 1 is 0.297 bits per heavy atom. The van der Waals surface area contributed by atoms with Crippen LogP contribution in [0.3, 0.4) is 0 Å². The highest BCUT2D eigenvalue weighted by Gasteiger charge is 2.32. The van der Waals surface area contributed by atoms with Crippen molar-refractivity contribution >= 4 is 78.5 Å². The number of benzene rings is 15. The van der Waals surface area contributed by atoms with Gasteiger partial charge >= 0.3 is 0 Å². The molecule has 2 atom stereocenters. The lowest BCUT2D eigenvalue weighted by atomic mass is 9.77. The predicted octanol–water partition coefficient (Wildman–Crippen LogP) is 29.2. The first kappa shape index (κ1) is 74.4. The SMILES string of the molecule is CCC(CC(C)c1cc(C)c(C(=O)c2ccc(C(C)(C)c3ccc(N(c4ccc(C(C)(C)c5ccccc5)cc4)c4c5ccccc5c(N(c5ccc(C(C)(C)c6ccccc6)cc5)c5ccc(C(C)(C)c6ccccc6)cc5)c5ccccc45)cc3)cc2)cc1C)c1ccc(N(c2ccccc2)c2ccccc2)cc1. The smallest absolute Gasteiger partial charge is 0.193 e. The third kappa shape index (κ3) is 14.6. The van der Waals surface area contributed by atoms with Crippen LogP contribution in [0.25, 0.3) is 21.5 Å². The summed E-state index contributed by atoms with van der Waals surface area (Å²) >= 11 is 0. The molecule has 15 aromatic carbocycles. The number of aryl methyl sites for hydroxylation is 2. The fourth-order valence-electron chi connectivity index (χ4n) is 17.1. The number of anilines is 9. The van der Waals surface area contributed by atoms with Gasteiger partial charge in [-0.25, -0.2) is 0 Å². The van der Waals surface area contributed by atoms with Crippen LogP contribution >= 0.6 is 0 Å². The lowest BCUT2D eigenvalue weighted by molar-refractivity contribution is 0.103. The molecule has 0 heterocycles. The monoisotopic (exact) mass is 1440 g/mol. The minimum atomic E-state index is -0.418. The second-order valence-electron chi connectivity index (χ2n) is 32.5. The van der Waals surface area contributed by atoms with Crippen molar-refractivity contribution in [3.8, 4) is 0 Å². The minimum absolute atomic E-state index is 0.0438. The fraction of sp³-hybridized carbons (Fsp3) is 0.187. The second-order valence-corrected chi connectivity index (χ2v) is 32.5. The summed E-state index contributed by atoms with van der Waals surface area (Å²) in [6, 6.07) is 131. The number of rotatable bonds is 24. The third-order valence-corrected chi connectivity index (χ3v) is 24.2. The quantitative estimate of drug-likeness (QED) is 0.0342. The lowest BCUT2D eigenvalue weighted by Crippen LogP contribution is -2.20. The number of para-hydroxylation sites is 2. The molecule has 0 aliphatic heterocycles. The van der Waals surface area contributed by atoms with E-state index in [1.807, 2.05) is 12.1 Å². The van der Waals surface area contributed by atoms with Gasteiger partial charge in [0.15, 0.2) is 5.78 Å². The molecular formula is C107H101N3O. The fourth-order valence-corrected chi connectivity index (χ4v) is 17.1. The Hall–Kier alpha value is -12.1. The van der Waals surface area contributed by atoms with Gasteiger partial charge in [0.2, 0.25) is 0 Å². The molecule has 0 aliphatic rings. The molecule has 4 nitrogen and oxygen atoms in total. The summed E-state index contributed by atoms with van der Waals surface area (Å²) < 4.78 is 0. The van der Waals surface area contributed by atoms with Crippen molar-refractivity contribution in [2.45, 2.75) is 129 Å². The van der Waals surface area contributed by atoms with Gasteiger partial charge in [0.1, 0.15) is 0 Å². The van der Waals surface area contributed by atoms with Gasteiger partial charge in [-0.1, -0.05) is 336 Å². The van der Waals surface area contributed by atoms with Gasteiger partial charge in [-0.2, -0.15) is 0 Å². The number of ketones is 1. The van der Waals surface area contributed by atoms with Crippen LogP contribution in [0.15, 0.2) is 358 Å². The first-order valence-electron chi connectivity index (χ1n) is 39.6. The van der Waals surface area contributed by atoms with Crippen molar-refractivity contribution in [1.29, 1.82) is 0 Å². The Morgan fingerprint density at radius 3 is 0.874 bits per heavy atom. The van der Waals surface area contributed by atoms with E-state index >= 15 is 0 Å². The zero-order valence-electron chi connectivity index (χ0n) is 66.4. The van der Waals surface area contributed by atoms with E-state index in [0.29, 0.717) is 11.5 Å². The number of hydrogen-bond donors (Lipinski definition) is 0. The zero-order chi connectivity index (χ0) is 77.2. The molecule has 0 amide bonds. The first-order valence-corrected chi connectivity index (χ1v) is 39.6. The molecule has 0 saturated carbocycles. The van der Waals surface area contributed by atoms with Crippen molar-refractivity contribution < 1.29 is 4.79 Å². The second kappa shape index (κ2) is 31.1. The summed E-state index contributed by atoms with van der Waals surface area (Å²) in [7, 11) is 0. The number of fused-ring (bicyclic) bond motifs is 2. The molecule has 15 aromatic rings. The van der Waals surface area contributed by atoms with Crippen LogP contribution in [-0.2, 0) is 21.7 Å². The molecule has 0 fully saturated rings. The van der Waals surface area contributed by atoms with E-state index in [1.54, 1.807) is 0 Å². The third-order valence-electron chi connectivity index (χ3n) is 24.2. The summed E-state index contributed by atoms with van der Waals surface area (Å²) in [5, 5.41) is 4.50. The van der Waals surface area contributed by atoms with Crippen LogP contribution in [0, 0.1) is 13.8 Å². The van der Waals surface area contributed by atoms with E-state index in [2.05, 4.69) is 444 Å². The van der Waals surface area contributed by atoms with E-state index in [1.165, 1.54) is 50.1 Å². The topological polar surface area (TPSA) is 26.8 Å². The minimum Gasteiger partial charge on any atom is -0.311 e. The van der Waals surface area contributed by atoms with E-state index in [-0.39, 0.29) is 27.9 Å².